The highest BCUT2D eigenvalue weighted by molar-refractivity contribution is 9.10. The number of halogens is 1. The van der Waals surface area contributed by atoms with E-state index in [1.165, 1.54) is 5.56 Å². The average molecular weight is 531 g/mol. The van der Waals surface area contributed by atoms with Gasteiger partial charge in [-0.25, -0.2) is 4.98 Å². The fourth-order valence-corrected chi connectivity index (χ4v) is 3.99. The second-order valence-corrected chi connectivity index (χ2v) is 8.72. The summed E-state index contributed by atoms with van der Waals surface area (Å²) in [4.78, 5) is 4.69. The Labute approximate surface area is 214 Å². The molecule has 4 aromatic rings. The normalized spacial score (nSPS) is 10.9. The number of rotatable bonds is 10. The van der Waals surface area contributed by atoms with E-state index in [1.807, 2.05) is 60.9 Å². The Kier molecular flexibility index (Phi) is 8.06. The summed E-state index contributed by atoms with van der Waals surface area (Å²) in [6.45, 7) is 4.85. The van der Waals surface area contributed by atoms with Crippen LogP contribution < -0.4 is 14.2 Å². The van der Waals surface area contributed by atoms with Gasteiger partial charge in [0.05, 0.1) is 19.8 Å². The molecule has 0 fully saturated rings. The molecule has 0 bridgehead atoms. The number of nitrogens with zero attached hydrogens (tertiary/aromatic N) is 2. The summed E-state index contributed by atoms with van der Waals surface area (Å²) in [5, 5.41) is 0. The molecule has 0 saturated carbocycles. The Bertz CT molecular complexity index is 1310. The number of benzene rings is 3. The summed E-state index contributed by atoms with van der Waals surface area (Å²) < 4.78 is 20.1. The molecule has 4 rings (SSSR count). The third-order valence-corrected chi connectivity index (χ3v) is 6.00. The molecule has 0 saturated heterocycles. The first-order valence-corrected chi connectivity index (χ1v) is 11.9. The smallest absolute Gasteiger partial charge is 0.144 e. The maximum Gasteiger partial charge on any atom is 0.144 e. The summed E-state index contributed by atoms with van der Waals surface area (Å²) in [5.74, 6) is 3.03. The molecule has 0 spiro atoms. The van der Waals surface area contributed by atoms with Crippen LogP contribution in [0.1, 0.15) is 16.7 Å². The van der Waals surface area contributed by atoms with E-state index >= 15 is 0 Å². The van der Waals surface area contributed by atoms with Gasteiger partial charge in [-0.05, 0) is 47.0 Å². The van der Waals surface area contributed by atoms with Gasteiger partial charge in [0.2, 0.25) is 0 Å². The van der Waals surface area contributed by atoms with E-state index in [2.05, 4.69) is 51.4 Å². The molecule has 5 nitrogen and oxygen atoms in total. The van der Waals surface area contributed by atoms with Crippen molar-refractivity contribution in [1.82, 2.24) is 9.55 Å². The lowest BCUT2D eigenvalue weighted by Crippen LogP contribution is -2.04. The van der Waals surface area contributed by atoms with Crippen molar-refractivity contribution in [2.45, 2.75) is 6.54 Å². The summed E-state index contributed by atoms with van der Waals surface area (Å²) in [5.41, 5.74) is 4.06. The van der Waals surface area contributed by atoms with E-state index in [0.717, 1.165) is 32.7 Å². The van der Waals surface area contributed by atoms with Crippen LogP contribution in [0.2, 0.25) is 0 Å². The molecule has 35 heavy (non-hydrogen) atoms. The van der Waals surface area contributed by atoms with Crippen molar-refractivity contribution in [3.63, 3.8) is 0 Å². The molecule has 0 atom stereocenters. The molecular weight excluding hydrogens is 504 g/mol. The van der Waals surface area contributed by atoms with Gasteiger partial charge in [-0.15, -0.1) is 0 Å². The number of aromatic nitrogens is 2. The second kappa shape index (κ2) is 11.6. The van der Waals surface area contributed by atoms with Crippen LogP contribution in [-0.4, -0.2) is 30.4 Å². The molecule has 0 unspecified atom stereocenters. The standard InChI is InChI=1S/C29H27BrN2O3/c1-4-17-35-25-13-8-21(9-14-25)5-10-23-18-26(33-2)19-27(34-3)28(23)29-31-15-16-32(29)20-22-6-11-24(30)12-7-22/h4-16,18-19H,1,17,20H2,2-3H3. The summed E-state index contributed by atoms with van der Waals surface area (Å²) in [6, 6.07) is 20.1. The number of hydrogen-bond donors (Lipinski definition) is 0. The minimum absolute atomic E-state index is 0.481. The molecule has 0 aliphatic heterocycles. The van der Waals surface area contributed by atoms with E-state index in [0.29, 0.717) is 24.7 Å². The molecule has 178 valence electrons. The van der Waals surface area contributed by atoms with E-state index in [4.69, 9.17) is 19.2 Å². The third kappa shape index (κ3) is 6.03. The van der Waals surface area contributed by atoms with Gasteiger partial charge in [0.15, 0.2) is 0 Å². The fraction of sp³-hybridized carbons (Fsp3) is 0.138. The van der Waals surface area contributed by atoms with Gasteiger partial charge in [-0.2, -0.15) is 0 Å². The van der Waals surface area contributed by atoms with Crippen LogP contribution in [0.4, 0.5) is 0 Å². The van der Waals surface area contributed by atoms with Crippen molar-refractivity contribution < 1.29 is 14.2 Å². The number of imidazole rings is 1. The number of methoxy groups -OCH3 is 2. The van der Waals surface area contributed by atoms with Crippen LogP contribution in [0.15, 0.2) is 90.2 Å². The van der Waals surface area contributed by atoms with Crippen molar-refractivity contribution in [3.8, 4) is 28.6 Å². The predicted octanol–water partition coefficient (Wildman–Crippen LogP) is 7.11. The first-order valence-electron chi connectivity index (χ1n) is 11.1. The Morgan fingerprint density at radius 1 is 0.943 bits per heavy atom. The minimum atomic E-state index is 0.481. The van der Waals surface area contributed by atoms with Gasteiger partial charge in [0.25, 0.3) is 0 Å². The first-order chi connectivity index (χ1) is 17.1. The Balaban J connectivity index is 1.71. The van der Waals surface area contributed by atoms with Crippen LogP contribution in [0, 0.1) is 0 Å². The van der Waals surface area contributed by atoms with E-state index in [1.54, 1.807) is 20.3 Å². The molecule has 3 aromatic carbocycles. The molecule has 6 heteroatoms. The highest BCUT2D eigenvalue weighted by Gasteiger charge is 2.18. The predicted molar refractivity (Wildman–Crippen MR) is 145 cm³/mol. The fourth-order valence-electron chi connectivity index (χ4n) is 3.73. The van der Waals surface area contributed by atoms with Crippen molar-refractivity contribution >= 4 is 28.1 Å². The first kappa shape index (κ1) is 24.4. The van der Waals surface area contributed by atoms with Gasteiger partial charge in [-0.3, -0.25) is 0 Å². The molecular formula is C29H27BrN2O3. The lowest BCUT2D eigenvalue weighted by molar-refractivity contribution is 0.363. The lowest BCUT2D eigenvalue weighted by Gasteiger charge is -2.16. The van der Waals surface area contributed by atoms with Crippen molar-refractivity contribution in [2.24, 2.45) is 0 Å². The Morgan fingerprint density at radius 3 is 2.40 bits per heavy atom. The van der Waals surface area contributed by atoms with Gasteiger partial charge in [0, 0.05) is 29.5 Å². The van der Waals surface area contributed by atoms with Crippen molar-refractivity contribution in [1.29, 1.82) is 0 Å². The molecule has 0 aliphatic carbocycles. The topological polar surface area (TPSA) is 45.5 Å². The van der Waals surface area contributed by atoms with Crippen LogP contribution in [0.3, 0.4) is 0 Å². The summed E-state index contributed by atoms with van der Waals surface area (Å²) >= 11 is 3.50. The molecule has 0 amide bonds. The van der Waals surface area contributed by atoms with Crippen LogP contribution >= 0.6 is 15.9 Å². The molecule has 0 radical (unpaired) electrons. The van der Waals surface area contributed by atoms with E-state index in [-0.39, 0.29) is 0 Å². The molecule has 0 aliphatic rings. The zero-order valence-corrected chi connectivity index (χ0v) is 21.4. The lowest BCUT2D eigenvalue weighted by atomic mass is 10.0. The highest BCUT2D eigenvalue weighted by atomic mass is 79.9. The maximum absolute atomic E-state index is 5.78. The van der Waals surface area contributed by atoms with Gasteiger partial charge < -0.3 is 18.8 Å². The van der Waals surface area contributed by atoms with Crippen molar-refractivity contribution in [3.05, 3.63) is 107 Å². The van der Waals surface area contributed by atoms with Crippen LogP contribution in [-0.2, 0) is 6.54 Å². The minimum Gasteiger partial charge on any atom is -0.497 e. The molecule has 1 heterocycles. The van der Waals surface area contributed by atoms with E-state index < -0.39 is 0 Å². The number of ether oxygens (including phenoxy) is 3. The van der Waals surface area contributed by atoms with Gasteiger partial charge in [-0.1, -0.05) is 65.0 Å². The Hall–Kier alpha value is -3.77. The summed E-state index contributed by atoms with van der Waals surface area (Å²) in [7, 11) is 3.31. The highest BCUT2D eigenvalue weighted by Crippen LogP contribution is 2.37. The van der Waals surface area contributed by atoms with Crippen LogP contribution in [0.5, 0.6) is 17.2 Å². The molecule has 0 N–H and O–H groups in total. The second-order valence-electron chi connectivity index (χ2n) is 7.80. The quantitative estimate of drug-likeness (QED) is 0.162. The SMILES string of the molecule is C=CCOc1ccc(C=Cc2cc(OC)cc(OC)c2-c2nccn2Cc2ccc(Br)cc2)cc1. The largest absolute Gasteiger partial charge is 0.497 e. The zero-order valence-electron chi connectivity index (χ0n) is 19.8. The maximum atomic E-state index is 5.78. The summed E-state index contributed by atoms with van der Waals surface area (Å²) in [6.07, 6.45) is 9.63. The van der Waals surface area contributed by atoms with Crippen molar-refractivity contribution in [2.75, 3.05) is 20.8 Å². The van der Waals surface area contributed by atoms with Gasteiger partial charge in [0.1, 0.15) is 29.7 Å². The molecule has 1 aromatic heterocycles. The monoisotopic (exact) mass is 530 g/mol. The van der Waals surface area contributed by atoms with Gasteiger partial charge >= 0.3 is 0 Å². The third-order valence-electron chi connectivity index (χ3n) is 5.47. The van der Waals surface area contributed by atoms with Crippen LogP contribution in [0.25, 0.3) is 23.5 Å². The average Bonchev–Trinajstić information content (AvgIpc) is 3.35. The number of hydrogen-bond acceptors (Lipinski definition) is 4. The Morgan fingerprint density at radius 2 is 1.71 bits per heavy atom. The zero-order chi connectivity index (χ0) is 24.6. The van der Waals surface area contributed by atoms with E-state index in [9.17, 15) is 0 Å².